The molecule has 0 aliphatic carbocycles. The number of fused-ring (bicyclic) bond motifs is 2. The minimum absolute atomic E-state index is 0.141. The Labute approximate surface area is 207 Å². The van der Waals surface area contributed by atoms with Crippen LogP contribution >= 0.6 is 0 Å². The van der Waals surface area contributed by atoms with Crippen LogP contribution in [0, 0.1) is 0 Å². The number of rotatable bonds is 7. The number of hydrogen-bond acceptors (Lipinski definition) is 7. The number of carbonyl (C=O) groups excluding carboxylic acids is 1. The summed E-state index contributed by atoms with van der Waals surface area (Å²) >= 11 is 0. The normalized spacial score (nSPS) is 11.3. The van der Waals surface area contributed by atoms with Crippen LogP contribution in [0.25, 0.3) is 22.2 Å². The largest absolute Gasteiger partial charge is 0.493 e. The lowest BCUT2D eigenvalue weighted by Gasteiger charge is -2.07. The van der Waals surface area contributed by atoms with Gasteiger partial charge < -0.3 is 20.5 Å². The molecule has 0 saturated heterocycles. The summed E-state index contributed by atoms with van der Waals surface area (Å²) < 4.78 is 12.1. The fourth-order valence-electron chi connectivity index (χ4n) is 3.91. The van der Waals surface area contributed by atoms with E-state index in [-0.39, 0.29) is 17.3 Å². The third-order valence-corrected chi connectivity index (χ3v) is 5.73. The lowest BCUT2D eigenvalue weighted by molar-refractivity contribution is 0.0953. The van der Waals surface area contributed by atoms with Gasteiger partial charge in [0.1, 0.15) is 16.9 Å². The standard InChI is InChI=1S/C27H24N6O3/c1-35-21-13-12-18(14-22(21)36-2)16-30-33-25(28)23(27(34)29-15-17-8-4-3-5-9-17)24-26(33)32-20-11-7-6-10-19(20)31-24/h3-14,16H,15,28H2,1-2H3,(H,29,34)/b30-16+. The monoisotopic (exact) mass is 480 g/mol. The second-order valence-electron chi connectivity index (χ2n) is 7.98. The average Bonchev–Trinajstić information content (AvgIpc) is 3.19. The summed E-state index contributed by atoms with van der Waals surface area (Å²) in [4.78, 5) is 22.7. The number of benzene rings is 3. The van der Waals surface area contributed by atoms with E-state index < -0.39 is 0 Å². The molecule has 0 radical (unpaired) electrons. The van der Waals surface area contributed by atoms with Crippen molar-refractivity contribution in [1.29, 1.82) is 0 Å². The van der Waals surface area contributed by atoms with E-state index in [0.29, 0.717) is 40.2 Å². The average molecular weight is 481 g/mol. The van der Waals surface area contributed by atoms with Crippen LogP contribution in [0.4, 0.5) is 5.82 Å². The third kappa shape index (κ3) is 4.29. The molecule has 0 fully saturated rings. The van der Waals surface area contributed by atoms with Gasteiger partial charge >= 0.3 is 0 Å². The van der Waals surface area contributed by atoms with Gasteiger partial charge in [0.15, 0.2) is 17.1 Å². The topological polar surface area (TPSA) is 117 Å². The molecular weight excluding hydrogens is 456 g/mol. The van der Waals surface area contributed by atoms with E-state index in [2.05, 4.69) is 10.4 Å². The van der Waals surface area contributed by atoms with Crippen LogP contribution in [0.5, 0.6) is 11.5 Å². The molecule has 0 bridgehead atoms. The second-order valence-corrected chi connectivity index (χ2v) is 7.98. The lowest BCUT2D eigenvalue weighted by Crippen LogP contribution is -2.23. The second kappa shape index (κ2) is 9.75. The highest BCUT2D eigenvalue weighted by Crippen LogP contribution is 2.29. The molecule has 5 rings (SSSR count). The number of nitrogen functional groups attached to an aromatic ring is 1. The quantitative estimate of drug-likeness (QED) is 0.340. The van der Waals surface area contributed by atoms with Gasteiger partial charge in [0.05, 0.1) is 31.5 Å². The van der Waals surface area contributed by atoms with E-state index in [9.17, 15) is 4.79 Å². The summed E-state index contributed by atoms with van der Waals surface area (Å²) in [5, 5.41) is 7.48. The first kappa shape index (κ1) is 22.9. The number of nitrogens with two attached hydrogens (primary N) is 1. The van der Waals surface area contributed by atoms with Crippen molar-refractivity contribution >= 4 is 40.1 Å². The maximum absolute atomic E-state index is 13.3. The predicted molar refractivity (Wildman–Crippen MR) is 140 cm³/mol. The number of aromatic nitrogens is 3. The van der Waals surface area contributed by atoms with E-state index in [1.165, 1.54) is 4.68 Å². The number of anilines is 1. The maximum Gasteiger partial charge on any atom is 0.257 e. The van der Waals surface area contributed by atoms with Gasteiger partial charge in [0.25, 0.3) is 5.91 Å². The van der Waals surface area contributed by atoms with Crippen LogP contribution in [-0.2, 0) is 6.54 Å². The van der Waals surface area contributed by atoms with Crippen molar-refractivity contribution in [2.45, 2.75) is 6.54 Å². The van der Waals surface area contributed by atoms with Crippen molar-refractivity contribution in [3.05, 3.63) is 89.5 Å². The number of methoxy groups -OCH3 is 2. The molecule has 0 aliphatic rings. The first-order valence-corrected chi connectivity index (χ1v) is 11.2. The Kier molecular flexibility index (Phi) is 6.19. The zero-order chi connectivity index (χ0) is 25.1. The minimum Gasteiger partial charge on any atom is -0.493 e. The van der Waals surface area contributed by atoms with E-state index in [1.807, 2.05) is 60.7 Å². The Bertz CT molecular complexity index is 1590. The Morgan fingerprint density at radius 1 is 0.972 bits per heavy atom. The van der Waals surface area contributed by atoms with Crippen molar-refractivity contribution in [1.82, 2.24) is 20.0 Å². The molecule has 0 saturated carbocycles. The van der Waals surface area contributed by atoms with Gasteiger partial charge in [-0.15, -0.1) is 0 Å². The highest BCUT2D eigenvalue weighted by Gasteiger charge is 2.24. The number of ether oxygens (including phenoxy) is 2. The summed E-state index contributed by atoms with van der Waals surface area (Å²) in [7, 11) is 3.14. The van der Waals surface area contributed by atoms with Crippen LogP contribution in [0.15, 0.2) is 77.9 Å². The van der Waals surface area contributed by atoms with Crippen molar-refractivity contribution in [2.75, 3.05) is 20.0 Å². The predicted octanol–water partition coefficient (Wildman–Crippen LogP) is 4.00. The number of nitrogens with zero attached hydrogens (tertiary/aromatic N) is 4. The molecule has 36 heavy (non-hydrogen) atoms. The zero-order valence-electron chi connectivity index (χ0n) is 19.8. The van der Waals surface area contributed by atoms with Gasteiger partial charge in [-0.3, -0.25) is 4.79 Å². The number of carbonyl (C=O) groups is 1. The van der Waals surface area contributed by atoms with Crippen molar-refractivity contribution in [3.63, 3.8) is 0 Å². The van der Waals surface area contributed by atoms with Crippen LogP contribution < -0.4 is 20.5 Å². The minimum atomic E-state index is -0.356. The Morgan fingerprint density at radius 3 is 2.39 bits per heavy atom. The molecule has 0 unspecified atom stereocenters. The van der Waals surface area contributed by atoms with Gasteiger partial charge in [-0.25, -0.2) is 9.97 Å². The van der Waals surface area contributed by atoms with Crippen molar-refractivity contribution in [3.8, 4) is 11.5 Å². The van der Waals surface area contributed by atoms with Crippen molar-refractivity contribution in [2.24, 2.45) is 5.10 Å². The summed E-state index contributed by atoms with van der Waals surface area (Å²) in [6.45, 7) is 0.349. The zero-order valence-corrected chi connectivity index (χ0v) is 19.8. The third-order valence-electron chi connectivity index (χ3n) is 5.73. The highest BCUT2D eigenvalue weighted by molar-refractivity contribution is 6.10. The Hall–Kier alpha value is -4.92. The molecule has 9 heteroatoms. The molecule has 0 spiro atoms. The van der Waals surface area contributed by atoms with E-state index in [0.717, 1.165) is 11.1 Å². The van der Waals surface area contributed by atoms with Gasteiger partial charge in [-0.1, -0.05) is 42.5 Å². The SMILES string of the molecule is COc1ccc(/C=N/n2c(N)c(C(=O)NCc3ccccc3)c3nc4ccccc4nc32)cc1OC. The first-order chi connectivity index (χ1) is 17.6. The number of para-hydroxylation sites is 2. The molecule has 3 aromatic carbocycles. The Balaban J connectivity index is 1.58. The number of nitrogens with one attached hydrogen (secondary N) is 1. The molecule has 9 nitrogen and oxygen atoms in total. The molecule has 2 aromatic heterocycles. The summed E-state index contributed by atoms with van der Waals surface area (Å²) in [6.07, 6.45) is 1.61. The molecule has 0 atom stereocenters. The van der Waals surface area contributed by atoms with Crippen LogP contribution in [-0.4, -0.2) is 41.0 Å². The smallest absolute Gasteiger partial charge is 0.257 e. The highest BCUT2D eigenvalue weighted by atomic mass is 16.5. The molecule has 1 amide bonds. The van der Waals surface area contributed by atoms with Crippen LogP contribution in [0.3, 0.4) is 0 Å². The Morgan fingerprint density at radius 2 is 1.67 bits per heavy atom. The first-order valence-electron chi connectivity index (χ1n) is 11.2. The van der Waals surface area contributed by atoms with E-state index in [4.69, 9.17) is 25.2 Å². The number of hydrogen-bond donors (Lipinski definition) is 2. The van der Waals surface area contributed by atoms with E-state index in [1.54, 1.807) is 32.6 Å². The summed E-state index contributed by atoms with van der Waals surface area (Å²) in [5.41, 5.74) is 10.5. The number of amides is 1. The molecule has 3 N–H and O–H groups in total. The van der Waals surface area contributed by atoms with Gasteiger partial charge in [-0.2, -0.15) is 9.78 Å². The van der Waals surface area contributed by atoms with Gasteiger partial charge in [0.2, 0.25) is 0 Å². The molecule has 180 valence electrons. The summed E-state index contributed by atoms with van der Waals surface area (Å²) in [6, 6.07) is 22.5. The van der Waals surface area contributed by atoms with Gasteiger partial charge in [-0.05, 0) is 41.5 Å². The van der Waals surface area contributed by atoms with Crippen LogP contribution in [0.1, 0.15) is 21.5 Å². The fraction of sp³-hybridized carbons (Fsp3) is 0.111. The van der Waals surface area contributed by atoms with Crippen LogP contribution in [0.2, 0.25) is 0 Å². The van der Waals surface area contributed by atoms with E-state index >= 15 is 0 Å². The molecule has 2 heterocycles. The molecule has 0 aliphatic heterocycles. The summed E-state index contributed by atoms with van der Waals surface area (Å²) in [5.74, 6) is 0.961. The lowest BCUT2D eigenvalue weighted by atomic mass is 10.2. The van der Waals surface area contributed by atoms with Gasteiger partial charge in [0, 0.05) is 6.54 Å². The van der Waals surface area contributed by atoms with Crippen molar-refractivity contribution < 1.29 is 14.3 Å². The molecular formula is C27H24N6O3. The molecule has 5 aromatic rings. The maximum atomic E-state index is 13.3. The fourth-order valence-corrected chi connectivity index (χ4v) is 3.91.